The Bertz CT molecular complexity index is 320. The molecule has 0 amide bonds. The third-order valence-electron chi connectivity index (χ3n) is 2.34. The van der Waals surface area contributed by atoms with E-state index < -0.39 is 0 Å². The summed E-state index contributed by atoms with van der Waals surface area (Å²) >= 11 is 0. The van der Waals surface area contributed by atoms with E-state index >= 15 is 0 Å². The molecule has 0 bridgehead atoms. The van der Waals surface area contributed by atoms with Crippen molar-refractivity contribution in [3.8, 4) is 5.75 Å². The molecule has 0 fully saturated rings. The standard InChI is InChI=1S/C12H17NO/c1-5-11(13-3)10-7-6-9(2)12(8-10)14-4/h5-8,11,13H,1H2,2-4H3. The van der Waals surface area contributed by atoms with Crippen LogP contribution in [0.4, 0.5) is 0 Å². The van der Waals surface area contributed by atoms with Gasteiger partial charge in [0.25, 0.3) is 0 Å². The second kappa shape index (κ2) is 4.82. The lowest BCUT2D eigenvalue weighted by Gasteiger charge is -2.14. The average Bonchev–Trinajstić information content (AvgIpc) is 2.22. The highest BCUT2D eigenvalue weighted by molar-refractivity contribution is 5.38. The minimum absolute atomic E-state index is 0.185. The van der Waals surface area contributed by atoms with E-state index in [4.69, 9.17) is 4.74 Å². The van der Waals surface area contributed by atoms with Crippen LogP contribution in [0.1, 0.15) is 17.2 Å². The van der Waals surface area contributed by atoms with E-state index in [0.717, 1.165) is 11.3 Å². The molecule has 1 aromatic carbocycles. The second-order valence-electron chi connectivity index (χ2n) is 3.23. The van der Waals surface area contributed by atoms with Gasteiger partial charge >= 0.3 is 0 Å². The number of methoxy groups -OCH3 is 1. The van der Waals surface area contributed by atoms with E-state index in [1.165, 1.54) is 5.56 Å². The first-order chi connectivity index (χ1) is 6.72. The Hall–Kier alpha value is -1.28. The van der Waals surface area contributed by atoms with Crippen LogP contribution >= 0.6 is 0 Å². The summed E-state index contributed by atoms with van der Waals surface area (Å²) in [6.07, 6.45) is 1.88. The minimum Gasteiger partial charge on any atom is -0.496 e. The van der Waals surface area contributed by atoms with E-state index in [-0.39, 0.29) is 6.04 Å². The van der Waals surface area contributed by atoms with Gasteiger partial charge in [0.05, 0.1) is 13.2 Å². The molecule has 1 aromatic rings. The van der Waals surface area contributed by atoms with Gasteiger partial charge in [-0.3, -0.25) is 0 Å². The van der Waals surface area contributed by atoms with E-state index in [2.05, 4.69) is 24.0 Å². The molecule has 2 nitrogen and oxygen atoms in total. The number of rotatable bonds is 4. The van der Waals surface area contributed by atoms with Crippen molar-refractivity contribution < 1.29 is 4.74 Å². The summed E-state index contributed by atoms with van der Waals surface area (Å²) in [5, 5.41) is 3.17. The lowest BCUT2D eigenvalue weighted by atomic mass is 10.0. The summed E-state index contributed by atoms with van der Waals surface area (Å²) in [6.45, 7) is 5.82. The molecule has 2 heteroatoms. The normalized spacial score (nSPS) is 12.2. The molecule has 0 heterocycles. The molecule has 0 aliphatic heterocycles. The first-order valence-corrected chi connectivity index (χ1v) is 4.67. The first kappa shape index (κ1) is 10.8. The summed E-state index contributed by atoms with van der Waals surface area (Å²) in [6, 6.07) is 6.37. The zero-order valence-corrected chi connectivity index (χ0v) is 9.00. The lowest BCUT2D eigenvalue weighted by Crippen LogP contribution is -2.13. The van der Waals surface area contributed by atoms with Crippen LogP contribution in [0.25, 0.3) is 0 Å². The van der Waals surface area contributed by atoms with Crippen molar-refractivity contribution in [3.63, 3.8) is 0 Å². The maximum atomic E-state index is 5.26. The molecule has 0 spiro atoms. The summed E-state index contributed by atoms with van der Waals surface area (Å²) in [7, 11) is 3.60. The summed E-state index contributed by atoms with van der Waals surface area (Å²) in [5.41, 5.74) is 2.32. The Balaban J connectivity index is 3.04. The molecule has 0 radical (unpaired) electrons. The third kappa shape index (κ3) is 2.15. The molecular formula is C12H17NO. The Kier molecular flexibility index (Phi) is 3.72. The van der Waals surface area contributed by atoms with Gasteiger partial charge in [0, 0.05) is 0 Å². The molecular weight excluding hydrogens is 174 g/mol. The van der Waals surface area contributed by atoms with Crippen molar-refractivity contribution in [2.75, 3.05) is 14.2 Å². The van der Waals surface area contributed by atoms with Crippen LogP contribution in [-0.4, -0.2) is 14.2 Å². The highest BCUT2D eigenvalue weighted by atomic mass is 16.5. The van der Waals surface area contributed by atoms with Crippen molar-refractivity contribution in [2.24, 2.45) is 0 Å². The van der Waals surface area contributed by atoms with E-state index in [1.54, 1.807) is 7.11 Å². The summed E-state index contributed by atoms with van der Waals surface area (Å²) < 4.78 is 5.26. The number of likely N-dealkylation sites (N-methyl/N-ethyl adjacent to an activating group) is 1. The number of hydrogen-bond donors (Lipinski definition) is 1. The van der Waals surface area contributed by atoms with Crippen molar-refractivity contribution >= 4 is 0 Å². The second-order valence-corrected chi connectivity index (χ2v) is 3.23. The van der Waals surface area contributed by atoms with Gasteiger partial charge in [0.1, 0.15) is 5.75 Å². The van der Waals surface area contributed by atoms with Gasteiger partial charge in [0.2, 0.25) is 0 Å². The molecule has 76 valence electrons. The lowest BCUT2D eigenvalue weighted by molar-refractivity contribution is 0.410. The third-order valence-corrected chi connectivity index (χ3v) is 2.34. The van der Waals surface area contributed by atoms with Crippen LogP contribution in [0.2, 0.25) is 0 Å². The van der Waals surface area contributed by atoms with Crippen molar-refractivity contribution in [1.82, 2.24) is 5.32 Å². The topological polar surface area (TPSA) is 21.3 Å². The molecule has 1 rings (SSSR count). The number of hydrogen-bond acceptors (Lipinski definition) is 2. The molecule has 14 heavy (non-hydrogen) atoms. The van der Waals surface area contributed by atoms with Gasteiger partial charge in [0.15, 0.2) is 0 Å². The molecule has 0 aromatic heterocycles. The van der Waals surface area contributed by atoms with Gasteiger partial charge in [-0.05, 0) is 31.2 Å². The quantitative estimate of drug-likeness (QED) is 0.738. The predicted molar refractivity (Wildman–Crippen MR) is 59.7 cm³/mol. The fourth-order valence-corrected chi connectivity index (χ4v) is 1.45. The molecule has 0 saturated carbocycles. The Morgan fingerprint density at radius 2 is 2.21 bits per heavy atom. The number of aryl methyl sites for hydroxylation is 1. The maximum Gasteiger partial charge on any atom is 0.122 e. The van der Waals surface area contributed by atoms with Gasteiger partial charge in [-0.1, -0.05) is 18.2 Å². The van der Waals surface area contributed by atoms with Crippen molar-refractivity contribution in [1.29, 1.82) is 0 Å². The van der Waals surface area contributed by atoms with Gasteiger partial charge in [-0.25, -0.2) is 0 Å². The van der Waals surface area contributed by atoms with Crippen LogP contribution in [0.15, 0.2) is 30.9 Å². The smallest absolute Gasteiger partial charge is 0.122 e. The molecule has 1 N–H and O–H groups in total. The average molecular weight is 191 g/mol. The van der Waals surface area contributed by atoms with E-state index in [9.17, 15) is 0 Å². The SMILES string of the molecule is C=CC(NC)c1ccc(C)c(OC)c1. The van der Waals surface area contributed by atoms with Gasteiger partial charge in [-0.2, -0.15) is 0 Å². The summed E-state index contributed by atoms with van der Waals surface area (Å²) in [4.78, 5) is 0. The van der Waals surface area contributed by atoms with Gasteiger partial charge in [-0.15, -0.1) is 6.58 Å². The molecule has 1 unspecified atom stereocenters. The molecule has 1 atom stereocenters. The van der Waals surface area contributed by atoms with Crippen molar-refractivity contribution in [2.45, 2.75) is 13.0 Å². The zero-order chi connectivity index (χ0) is 10.6. The zero-order valence-electron chi connectivity index (χ0n) is 9.00. The van der Waals surface area contributed by atoms with E-state index in [0.29, 0.717) is 0 Å². The predicted octanol–water partition coefficient (Wildman–Crippen LogP) is 2.45. The highest BCUT2D eigenvalue weighted by Crippen LogP contribution is 2.23. The first-order valence-electron chi connectivity index (χ1n) is 4.67. The number of nitrogens with one attached hydrogen (secondary N) is 1. The molecule has 0 aliphatic carbocycles. The van der Waals surface area contributed by atoms with Crippen LogP contribution in [0, 0.1) is 6.92 Å². The van der Waals surface area contributed by atoms with Gasteiger partial charge < -0.3 is 10.1 Å². The Morgan fingerprint density at radius 1 is 1.50 bits per heavy atom. The van der Waals surface area contributed by atoms with Crippen LogP contribution in [0.3, 0.4) is 0 Å². The Morgan fingerprint density at radius 3 is 2.71 bits per heavy atom. The van der Waals surface area contributed by atoms with Crippen molar-refractivity contribution in [3.05, 3.63) is 42.0 Å². The van der Waals surface area contributed by atoms with Crippen LogP contribution in [0.5, 0.6) is 5.75 Å². The van der Waals surface area contributed by atoms with Crippen LogP contribution < -0.4 is 10.1 Å². The molecule has 0 aliphatic rings. The highest BCUT2D eigenvalue weighted by Gasteiger charge is 2.06. The fourth-order valence-electron chi connectivity index (χ4n) is 1.45. The number of ether oxygens (including phenoxy) is 1. The van der Waals surface area contributed by atoms with Crippen LogP contribution in [-0.2, 0) is 0 Å². The Labute approximate surface area is 85.6 Å². The summed E-state index contributed by atoms with van der Waals surface area (Å²) in [5.74, 6) is 0.921. The maximum absolute atomic E-state index is 5.26. The molecule has 0 saturated heterocycles. The minimum atomic E-state index is 0.185. The largest absolute Gasteiger partial charge is 0.496 e. The van der Waals surface area contributed by atoms with E-state index in [1.807, 2.05) is 26.1 Å². The monoisotopic (exact) mass is 191 g/mol. The number of benzene rings is 1. The fraction of sp³-hybridized carbons (Fsp3) is 0.333.